The number of aryl methyl sites for hydroxylation is 1. The molecule has 37 heavy (non-hydrogen) atoms. The highest BCUT2D eigenvalue weighted by atomic mass is 15.3. The molecule has 194 valence electrons. The zero-order valence-electron chi connectivity index (χ0n) is 22.5. The van der Waals surface area contributed by atoms with Gasteiger partial charge in [-0.05, 0) is 67.6 Å². The van der Waals surface area contributed by atoms with Gasteiger partial charge in [-0.15, -0.1) is 0 Å². The Hall–Kier alpha value is -3.53. The van der Waals surface area contributed by atoms with Gasteiger partial charge < -0.3 is 21.3 Å². The lowest BCUT2D eigenvalue weighted by Crippen LogP contribution is -2.55. The van der Waals surface area contributed by atoms with Crippen molar-refractivity contribution in [2.75, 3.05) is 23.7 Å². The Morgan fingerprint density at radius 2 is 2.11 bits per heavy atom. The van der Waals surface area contributed by atoms with Crippen LogP contribution in [-0.2, 0) is 19.3 Å². The summed E-state index contributed by atoms with van der Waals surface area (Å²) >= 11 is 0. The molecule has 1 aliphatic carbocycles. The number of anilines is 2. The second-order valence-corrected chi connectivity index (χ2v) is 11.0. The first kappa shape index (κ1) is 25.1. The zero-order chi connectivity index (χ0) is 26.3. The highest BCUT2D eigenvalue weighted by Gasteiger charge is 2.43. The molecular weight excluding hydrogens is 458 g/mol. The Labute approximate surface area is 220 Å². The van der Waals surface area contributed by atoms with E-state index in [0.717, 1.165) is 92.5 Å². The number of nitriles is 1. The van der Waals surface area contributed by atoms with Gasteiger partial charge in [0.05, 0.1) is 22.6 Å². The standard InChI is InChI=1S/C30H39N7/c1-6-18(3)22-11-12-25(32)24(16-31)28(22)21-9-10-23-26(15-21)34-27(7-2)35-29(23)37-14-8-13-30(17-37)19(4)33-20(5)36-30/h11-12,18,21,33,36H,4-10,13-15,17,32H2,1-3H3. The Morgan fingerprint density at radius 1 is 1.30 bits per heavy atom. The van der Waals surface area contributed by atoms with E-state index in [1.165, 1.54) is 11.1 Å². The summed E-state index contributed by atoms with van der Waals surface area (Å²) in [7, 11) is 0. The molecule has 1 spiro atoms. The van der Waals surface area contributed by atoms with Gasteiger partial charge in [-0.25, -0.2) is 9.97 Å². The number of fused-ring (bicyclic) bond motifs is 1. The fourth-order valence-corrected chi connectivity index (χ4v) is 6.46. The minimum Gasteiger partial charge on any atom is -0.398 e. The molecule has 7 nitrogen and oxygen atoms in total. The van der Waals surface area contributed by atoms with Crippen LogP contribution in [0.2, 0.25) is 0 Å². The van der Waals surface area contributed by atoms with Gasteiger partial charge in [-0.1, -0.05) is 40.0 Å². The van der Waals surface area contributed by atoms with Crippen LogP contribution in [0.1, 0.15) is 92.1 Å². The van der Waals surface area contributed by atoms with Gasteiger partial charge in [0.25, 0.3) is 0 Å². The van der Waals surface area contributed by atoms with Crippen LogP contribution < -0.4 is 21.3 Å². The minimum atomic E-state index is -0.217. The van der Waals surface area contributed by atoms with E-state index in [-0.39, 0.29) is 11.5 Å². The quantitative estimate of drug-likeness (QED) is 0.510. The largest absolute Gasteiger partial charge is 0.398 e. The molecule has 5 rings (SSSR count). The van der Waals surface area contributed by atoms with Crippen LogP contribution in [0.4, 0.5) is 11.5 Å². The monoisotopic (exact) mass is 497 g/mol. The van der Waals surface area contributed by atoms with Crippen molar-refractivity contribution in [3.05, 3.63) is 70.6 Å². The first-order chi connectivity index (χ1) is 17.8. The number of hydrogen-bond acceptors (Lipinski definition) is 7. The SMILES string of the molecule is C=C1NC(=C)C2(CCCN(c3nc(CC)nc4c3CCC(c3c(C(C)CC)ccc(N)c3C#N)C4)C2)N1. The van der Waals surface area contributed by atoms with Crippen LogP contribution in [0.5, 0.6) is 0 Å². The maximum Gasteiger partial charge on any atom is 0.135 e. The van der Waals surface area contributed by atoms with Crippen molar-refractivity contribution in [1.29, 1.82) is 5.26 Å². The summed E-state index contributed by atoms with van der Waals surface area (Å²) in [4.78, 5) is 12.5. The van der Waals surface area contributed by atoms with Gasteiger partial charge in [-0.2, -0.15) is 5.26 Å². The summed E-state index contributed by atoms with van der Waals surface area (Å²) in [5.41, 5.74) is 13.1. The minimum absolute atomic E-state index is 0.217. The molecule has 3 atom stereocenters. The number of nitrogens with one attached hydrogen (secondary N) is 2. The first-order valence-electron chi connectivity index (χ1n) is 13.7. The third-order valence-electron chi connectivity index (χ3n) is 8.65. The Morgan fingerprint density at radius 3 is 2.78 bits per heavy atom. The van der Waals surface area contributed by atoms with Crippen molar-refractivity contribution >= 4 is 11.5 Å². The fraction of sp³-hybridized carbons (Fsp3) is 0.500. The van der Waals surface area contributed by atoms with Crippen LogP contribution in [0.3, 0.4) is 0 Å². The molecule has 1 aromatic carbocycles. The number of nitrogen functional groups attached to an aromatic ring is 1. The van der Waals surface area contributed by atoms with E-state index >= 15 is 0 Å². The Bertz CT molecular complexity index is 1290. The third kappa shape index (κ3) is 4.33. The lowest BCUT2D eigenvalue weighted by Gasteiger charge is -2.42. The van der Waals surface area contributed by atoms with E-state index < -0.39 is 0 Å². The number of aromatic nitrogens is 2. The van der Waals surface area contributed by atoms with Crippen molar-refractivity contribution in [2.45, 2.75) is 83.1 Å². The van der Waals surface area contributed by atoms with Gasteiger partial charge in [0.2, 0.25) is 0 Å². The summed E-state index contributed by atoms with van der Waals surface area (Å²) in [6.07, 6.45) is 6.54. The summed E-state index contributed by atoms with van der Waals surface area (Å²) in [6.45, 7) is 16.7. The van der Waals surface area contributed by atoms with Crippen molar-refractivity contribution in [3.63, 3.8) is 0 Å². The number of hydrogen-bond donors (Lipinski definition) is 3. The maximum absolute atomic E-state index is 10.1. The van der Waals surface area contributed by atoms with E-state index in [0.29, 0.717) is 17.2 Å². The van der Waals surface area contributed by atoms with Crippen molar-refractivity contribution in [1.82, 2.24) is 20.6 Å². The predicted octanol–water partition coefficient (Wildman–Crippen LogP) is 4.80. The Kier molecular flexibility index (Phi) is 6.61. The Balaban J connectivity index is 1.53. The van der Waals surface area contributed by atoms with E-state index in [9.17, 15) is 5.26 Å². The van der Waals surface area contributed by atoms with E-state index in [4.69, 9.17) is 15.7 Å². The lowest BCUT2D eigenvalue weighted by atomic mass is 9.76. The average molecular weight is 498 g/mol. The van der Waals surface area contributed by atoms with Gasteiger partial charge in [-0.3, -0.25) is 0 Å². The molecule has 2 saturated heterocycles. The molecule has 3 aliphatic rings. The number of rotatable bonds is 5. The molecule has 1 aromatic heterocycles. The van der Waals surface area contributed by atoms with Crippen LogP contribution in [-0.4, -0.2) is 28.6 Å². The van der Waals surface area contributed by atoms with Crippen molar-refractivity contribution in [2.24, 2.45) is 0 Å². The molecule has 0 bridgehead atoms. The molecule has 4 N–H and O–H groups in total. The normalized spacial score (nSPS) is 23.8. The fourth-order valence-electron chi connectivity index (χ4n) is 6.46. The van der Waals surface area contributed by atoms with Gasteiger partial charge in [0, 0.05) is 36.5 Å². The number of piperidine rings is 1. The molecule has 7 heteroatoms. The van der Waals surface area contributed by atoms with Crippen LogP contribution in [0.25, 0.3) is 0 Å². The molecule has 3 unspecified atom stereocenters. The van der Waals surface area contributed by atoms with Gasteiger partial charge >= 0.3 is 0 Å². The maximum atomic E-state index is 10.1. The molecule has 0 radical (unpaired) electrons. The topological polar surface area (TPSA) is 103 Å². The molecule has 0 saturated carbocycles. The second-order valence-electron chi connectivity index (χ2n) is 11.0. The molecular formula is C30H39N7. The smallest absolute Gasteiger partial charge is 0.135 e. The highest BCUT2D eigenvalue weighted by molar-refractivity contribution is 5.63. The number of benzene rings is 1. The molecule has 2 fully saturated rings. The van der Waals surface area contributed by atoms with E-state index in [1.807, 2.05) is 6.07 Å². The summed E-state index contributed by atoms with van der Waals surface area (Å²) < 4.78 is 0. The predicted molar refractivity (Wildman–Crippen MR) is 149 cm³/mol. The highest BCUT2D eigenvalue weighted by Crippen LogP contribution is 2.42. The number of nitrogens with two attached hydrogens (primary N) is 1. The first-order valence-corrected chi connectivity index (χ1v) is 13.7. The van der Waals surface area contributed by atoms with Crippen LogP contribution >= 0.6 is 0 Å². The van der Waals surface area contributed by atoms with Crippen molar-refractivity contribution < 1.29 is 0 Å². The average Bonchev–Trinajstić information content (AvgIpc) is 3.17. The van der Waals surface area contributed by atoms with Crippen LogP contribution in [0.15, 0.2) is 36.8 Å². The zero-order valence-corrected chi connectivity index (χ0v) is 22.5. The summed E-state index contributed by atoms with van der Waals surface area (Å²) in [5.74, 6) is 3.36. The van der Waals surface area contributed by atoms with Gasteiger partial charge in [0.15, 0.2) is 0 Å². The third-order valence-corrected chi connectivity index (χ3v) is 8.65. The van der Waals surface area contributed by atoms with Crippen LogP contribution in [0, 0.1) is 11.3 Å². The summed E-state index contributed by atoms with van der Waals surface area (Å²) in [6, 6.07) is 6.46. The molecule has 2 aromatic rings. The molecule has 3 heterocycles. The number of nitrogens with zero attached hydrogens (tertiary/aromatic N) is 4. The summed E-state index contributed by atoms with van der Waals surface area (Å²) in [5, 5.41) is 16.9. The van der Waals surface area contributed by atoms with E-state index in [2.05, 4.69) is 61.6 Å². The lowest BCUT2D eigenvalue weighted by molar-refractivity contribution is 0.363. The van der Waals surface area contributed by atoms with Gasteiger partial charge in [0.1, 0.15) is 17.7 Å². The van der Waals surface area contributed by atoms with E-state index in [1.54, 1.807) is 0 Å². The van der Waals surface area contributed by atoms with Crippen molar-refractivity contribution in [3.8, 4) is 6.07 Å². The molecule has 2 aliphatic heterocycles. The second kappa shape index (κ2) is 9.74. The molecule has 0 amide bonds.